The van der Waals surface area contributed by atoms with E-state index in [9.17, 15) is 0 Å². The predicted molar refractivity (Wildman–Crippen MR) is 84.3 cm³/mol. The molecule has 0 spiro atoms. The van der Waals surface area contributed by atoms with Crippen LogP contribution < -0.4 is 5.32 Å². The average Bonchev–Trinajstić information content (AvgIpc) is 2.46. The Labute approximate surface area is 120 Å². The quantitative estimate of drug-likeness (QED) is 0.657. The van der Waals surface area contributed by atoms with Gasteiger partial charge in [0.1, 0.15) is 0 Å². The SMILES string of the molecule is CCCCC1CNCCN1N(CCCC)CCCC. The second-order valence-corrected chi connectivity index (χ2v) is 5.82. The van der Waals surface area contributed by atoms with Gasteiger partial charge in [-0.05, 0) is 19.3 Å². The lowest BCUT2D eigenvalue weighted by Gasteiger charge is -2.44. The van der Waals surface area contributed by atoms with Crippen LogP contribution in [0.25, 0.3) is 0 Å². The van der Waals surface area contributed by atoms with Gasteiger partial charge < -0.3 is 5.32 Å². The summed E-state index contributed by atoms with van der Waals surface area (Å²) in [5.74, 6) is 0. The van der Waals surface area contributed by atoms with Crippen LogP contribution in [0, 0.1) is 0 Å². The predicted octanol–water partition coefficient (Wildman–Crippen LogP) is 3.27. The van der Waals surface area contributed by atoms with E-state index >= 15 is 0 Å². The summed E-state index contributed by atoms with van der Waals surface area (Å²) in [4.78, 5) is 0. The summed E-state index contributed by atoms with van der Waals surface area (Å²) < 4.78 is 0. The van der Waals surface area contributed by atoms with Crippen LogP contribution in [0.2, 0.25) is 0 Å². The summed E-state index contributed by atoms with van der Waals surface area (Å²) in [6, 6.07) is 0.724. The molecule has 3 nitrogen and oxygen atoms in total. The van der Waals surface area contributed by atoms with Gasteiger partial charge in [-0.2, -0.15) is 0 Å². The van der Waals surface area contributed by atoms with Crippen LogP contribution in [-0.4, -0.2) is 48.8 Å². The second kappa shape index (κ2) is 10.6. The first kappa shape index (κ1) is 16.9. The lowest BCUT2D eigenvalue weighted by molar-refractivity contribution is -0.0761. The van der Waals surface area contributed by atoms with Crippen LogP contribution in [0.15, 0.2) is 0 Å². The van der Waals surface area contributed by atoms with Gasteiger partial charge in [0.2, 0.25) is 0 Å². The second-order valence-electron chi connectivity index (χ2n) is 5.82. The summed E-state index contributed by atoms with van der Waals surface area (Å²) in [5.41, 5.74) is 0. The van der Waals surface area contributed by atoms with Crippen LogP contribution in [0.5, 0.6) is 0 Å². The van der Waals surface area contributed by atoms with Crippen molar-refractivity contribution >= 4 is 0 Å². The summed E-state index contributed by atoms with van der Waals surface area (Å²) in [5, 5.41) is 8.93. The van der Waals surface area contributed by atoms with Gasteiger partial charge in [-0.25, -0.2) is 10.0 Å². The molecule has 0 saturated carbocycles. The largest absolute Gasteiger partial charge is 0.314 e. The van der Waals surface area contributed by atoms with E-state index < -0.39 is 0 Å². The molecule has 0 bridgehead atoms. The Balaban J connectivity index is 2.54. The maximum Gasteiger partial charge on any atom is 0.0371 e. The van der Waals surface area contributed by atoms with Gasteiger partial charge in [-0.15, -0.1) is 0 Å². The lowest BCUT2D eigenvalue weighted by atomic mass is 10.1. The van der Waals surface area contributed by atoms with Crippen molar-refractivity contribution in [2.75, 3.05) is 32.7 Å². The van der Waals surface area contributed by atoms with Gasteiger partial charge in [-0.1, -0.05) is 46.5 Å². The van der Waals surface area contributed by atoms with Gasteiger partial charge in [0.25, 0.3) is 0 Å². The molecule has 1 atom stereocenters. The van der Waals surface area contributed by atoms with Crippen LogP contribution in [0.3, 0.4) is 0 Å². The van der Waals surface area contributed by atoms with Crippen LogP contribution in [0.4, 0.5) is 0 Å². The fourth-order valence-corrected chi connectivity index (χ4v) is 2.86. The molecule has 1 rings (SSSR count). The topological polar surface area (TPSA) is 18.5 Å². The Morgan fingerprint density at radius 1 is 1.00 bits per heavy atom. The van der Waals surface area contributed by atoms with Crippen molar-refractivity contribution in [2.45, 2.75) is 71.8 Å². The standard InChI is InChI=1S/C16H35N3/c1-4-7-10-16-15-17-11-14-19(16)18(12-8-5-2)13-9-6-3/h16-17H,4-15H2,1-3H3. The van der Waals surface area contributed by atoms with Crippen molar-refractivity contribution in [3.63, 3.8) is 0 Å². The molecule has 1 unspecified atom stereocenters. The summed E-state index contributed by atoms with van der Waals surface area (Å²) in [6.07, 6.45) is 9.27. The van der Waals surface area contributed by atoms with E-state index in [1.807, 2.05) is 0 Å². The highest BCUT2D eigenvalue weighted by molar-refractivity contribution is 4.78. The van der Waals surface area contributed by atoms with Gasteiger partial charge in [-0.3, -0.25) is 0 Å². The van der Waals surface area contributed by atoms with E-state index in [-0.39, 0.29) is 0 Å². The molecule has 1 heterocycles. The van der Waals surface area contributed by atoms with Crippen LogP contribution in [-0.2, 0) is 0 Å². The zero-order chi connectivity index (χ0) is 13.9. The average molecular weight is 269 g/mol. The van der Waals surface area contributed by atoms with E-state index in [1.54, 1.807) is 0 Å². The molecule has 19 heavy (non-hydrogen) atoms. The Bertz CT molecular complexity index is 200. The van der Waals surface area contributed by atoms with E-state index in [1.165, 1.54) is 71.1 Å². The maximum absolute atomic E-state index is 3.57. The number of nitrogens with one attached hydrogen (secondary N) is 1. The fourth-order valence-electron chi connectivity index (χ4n) is 2.86. The molecule has 114 valence electrons. The maximum atomic E-state index is 3.57. The first-order valence-electron chi connectivity index (χ1n) is 8.55. The molecule has 3 heteroatoms. The van der Waals surface area contributed by atoms with Crippen LogP contribution in [0.1, 0.15) is 65.7 Å². The molecule has 1 fully saturated rings. The number of nitrogens with zero attached hydrogens (tertiary/aromatic N) is 2. The smallest absolute Gasteiger partial charge is 0.0371 e. The zero-order valence-electron chi connectivity index (χ0n) is 13.5. The summed E-state index contributed by atoms with van der Waals surface area (Å²) >= 11 is 0. The number of hydrazine groups is 1. The van der Waals surface area contributed by atoms with Gasteiger partial charge in [0.15, 0.2) is 0 Å². The molecule has 0 aromatic heterocycles. The molecule has 1 N–H and O–H groups in total. The van der Waals surface area contributed by atoms with Gasteiger partial charge in [0, 0.05) is 38.8 Å². The molecule has 0 amide bonds. The molecule has 1 saturated heterocycles. The van der Waals surface area contributed by atoms with Crippen molar-refractivity contribution in [2.24, 2.45) is 0 Å². The van der Waals surface area contributed by atoms with Crippen molar-refractivity contribution in [3.05, 3.63) is 0 Å². The van der Waals surface area contributed by atoms with Crippen molar-refractivity contribution in [3.8, 4) is 0 Å². The monoisotopic (exact) mass is 269 g/mol. The Kier molecular flexibility index (Phi) is 9.48. The third kappa shape index (κ3) is 6.24. The summed E-state index contributed by atoms with van der Waals surface area (Å²) in [6.45, 7) is 12.9. The molecular formula is C16H35N3. The highest BCUT2D eigenvalue weighted by Gasteiger charge is 2.26. The molecule has 1 aliphatic heterocycles. The lowest BCUT2D eigenvalue weighted by Crippen LogP contribution is -2.58. The van der Waals surface area contributed by atoms with Gasteiger partial charge >= 0.3 is 0 Å². The van der Waals surface area contributed by atoms with Crippen LogP contribution >= 0.6 is 0 Å². The first-order valence-corrected chi connectivity index (χ1v) is 8.55. The third-order valence-electron chi connectivity index (χ3n) is 4.11. The normalized spacial score (nSPS) is 21.2. The minimum Gasteiger partial charge on any atom is -0.314 e. The molecular weight excluding hydrogens is 234 g/mol. The van der Waals surface area contributed by atoms with E-state index in [4.69, 9.17) is 0 Å². The van der Waals surface area contributed by atoms with E-state index in [0.29, 0.717) is 0 Å². The van der Waals surface area contributed by atoms with Crippen molar-refractivity contribution < 1.29 is 0 Å². The molecule has 1 aliphatic rings. The van der Waals surface area contributed by atoms with Gasteiger partial charge in [0.05, 0.1) is 0 Å². The number of unbranched alkanes of at least 4 members (excludes halogenated alkanes) is 3. The van der Waals surface area contributed by atoms with E-state index in [2.05, 4.69) is 36.1 Å². The highest BCUT2D eigenvalue weighted by Crippen LogP contribution is 2.15. The fraction of sp³-hybridized carbons (Fsp3) is 1.00. The number of piperazine rings is 1. The Morgan fingerprint density at radius 3 is 2.21 bits per heavy atom. The highest BCUT2D eigenvalue weighted by atomic mass is 15.6. The Hall–Kier alpha value is -0.120. The zero-order valence-corrected chi connectivity index (χ0v) is 13.5. The Morgan fingerprint density at radius 2 is 1.63 bits per heavy atom. The minimum atomic E-state index is 0.724. The van der Waals surface area contributed by atoms with Crippen molar-refractivity contribution in [1.82, 2.24) is 15.3 Å². The third-order valence-corrected chi connectivity index (χ3v) is 4.11. The first-order chi connectivity index (χ1) is 9.33. The molecule has 0 aromatic carbocycles. The van der Waals surface area contributed by atoms with E-state index in [0.717, 1.165) is 12.6 Å². The molecule has 0 aromatic rings. The van der Waals surface area contributed by atoms with Crippen molar-refractivity contribution in [1.29, 1.82) is 0 Å². The number of hydrogen-bond donors (Lipinski definition) is 1. The molecule has 0 radical (unpaired) electrons. The minimum absolute atomic E-state index is 0.724. The number of rotatable bonds is 10. The summed E-state index contributed by atoms with van der Waals surface area (Å²) in [7, 11) is 0. The number of hydrogen-bond acceptors (Lipinski definition) is 3. The molecule has 0 aliphatic carbocycles.